The molecule has 0 bridgehead atoms. The van der Waals surface area contributed by atoms with E-state index in [2.05, 4.69) is 20.9 Å². The summed E-state index contributed by atoms with van der Waals surface area (Å²) in [5.74, 6) is -0.771. The summed E-state index contributed by atoms with van der Waals surface area (Å²) in [6.45, 7) is 0. The number of Topliss-reactive ketones (excluding diaryl/α,β-unsaturated/α-hetero) is 1. The van der Waals surface area contributed by atoms with Gasteiger partial charge in [0.25, 0.3) is 5.78 Å². The van der Waals surface area contributed by atoms with Crippen LogP contribution in [0.4, 0.5) is 5.82 Å². The maximum atomic E-state index is 13.0. The Morgan fingerprint density at radius 2 is 1.73 bits per heavy atom. The van der Waals surface area contributed by atoms with Crippen LogP contribution in [0, 0.1) is 0 Å². The molecule has 0 spiro atoms. The lowest BCUT2D eigenvalue weighted by molar-refractivity contribution is -0.132. The van der Waals surface area contributed by atoms with Crippen molar-refractivity contribution in [2.75, 3.05) is 12.0 Å². The minimum atomic E-state index is -0.825. The fourth-order valence-electron chi connectivity index (χ4n) is 3.43. The Hall–Kier alpha value is -3.45. The van der Waals surface area contributed by atoms with Gasteiger partial charge in [-0.1, -0.05) is 46.3 Å². The zero-order valence-electron chi connectivity index (χ0n) is 15.9. The summed E-state index contributed by atoms with van der Waals surface area (Å²) in [6.07, 6.45) is 1.55. The van der Waals surface area contributed by atoms with E-state index in [0.29, 0.717) is 22.7 Å². The lowest BCUT2D eigenvalue weighted by Crippen LogP contribution is -2.30. The lowest BCUT2D eigenvalue weighted by atomic mass is 9.95. The molecule has 1 aromatic heterocycles. The normalized spacial score (nSPS) is 17.9. The largest absolute Gasteiger partial charge is 0.507 e. The average molecular weight is 465 g/mol. The van der Waals surface area contributed by atoms with Gasteiger partial charge < -0.3 is 9.84 Å². The summed E-state index contributed by atoms with van der Waals surface area (Å²) in [6, 6.07) is 18.2. The Bertz CT molecular complexity index is 1130. The molecule has 0 aliphatic carbocycles. The third-order valence-corrected chi connectivity index (χ3v) is 5.42. The van der Waals surface area contributed by atoms with Crippen molar-refractivity contribution in [1.29, 1.82) is 0 Å². The van der Waals surface area contributed by atoms with E-state index in [1.807, 2.05) is 0 Å². The minimum Gasteiger partial charge on any atom is -0.507 e. The van der Waals surface area contributed by atoms with Crippen LogP contribution in [0.15, 0.2) is 83.0 Å². The predicted molar refractivity (Wildman–Crippen MR) is 116 cm³/mol. The van der Waals surface area contributed by atoms with Crippen molar-refractivity contribution in [1.82, 2.24) is 4.98 Å². The van der Waals surface area contributed by atoms with E-state index in [4.69, 9.17) is 4.74 Å². The summed E-state index contributed by atoms with van der Waals surface area (Å²) in [4.78, 5) is 31.5. The third kappa shape index (κ3) is 3.48. The molecule has 0 saturated carbocycles. The Morgan fingerprint density at radius 1 is 1.03 bits per heavy atom. The van der Waals surface area contributed by atoms with Crippen LogP contribution in [-0.2, 0) is 9.59 Å². The Kier molecular flexibility index (Phi) is 5.37. The molecule has 2 aromatic carbocycles. The highest BCUT2D eigenvalue weighted by atomic mass is 79.9. The number of benzene rings is 2. The summed E-state index contributed by atoms with van der Waals surface area (Å²) >= 11 is 3.35. The van der Waals surface area contributed by atoms with Crippen molar-refractivity contribution in [3.05, 3.63) is 94.1 Å². The number of pyridine rings is 1. The molecule has 1 aliphatic heterocycles. The smallest absolute Gasteiger partial charge is 0.301 e. The first-order valence-electron chi connectivity index (χ1n) is 9.13. The number of hydrogen-bond acceptors (Lipinski definition) is 5. The monoisotopic (exact) mass is 464 g/mol. The van der Waals surface area contributed by atoms with Crippen LogP contribution < -0.4 is 9.64 Å². The SMILES string of the molecule is COc1ccc(C2/C(=C(/O)c3ccc(Br)cc3)C(=O)C(=O)N2c2ccccn2)cc1. The number of ketones is 1. The molecule has 3 aromatic rings. The van der Waals surface area contributed by atoms with E-state index in [1.54, 1.807) is 80.0 Å². The predicted octanol–water partition coefficient (Wildman–Crippen LogP) is 4.48. The zero-order chi connectivity index (χ0) is 21.3. The van der Waals surface area contributed by atoms with Gasteiger partial charge in [-0.25, -0.2) is 4.98 Å². The maximum Gasteiger partial charge on any atom is 0.301 e. The number of nitrogens with zero attached hydrogens (tertiary/aromatic N) is 2. The van der Waals surface area contributed by atoms with Crippen LogP contribution in [-0.4, -0.2) is 28.9 Å². The van der Waals surface area contributed by atoms with Crippen molar-refractivity contribution < 1.29 is 19.4 Å². The zero-order valence-corrected chi connectivity index (χ0v) is 17.5. The highest BCUT2D eigenvalue weighted by Gasteiger charge is 2.47. The summed E-state index contributed by atoms with van der Waals surface area (Å²) in [7, 11) is 1.56. The van der Waals surface area contributed by atoms with Crippen molar-refractivity contribution in [3.8, 4) is 5.75 Å². The summed E-state index contributed by atoms with van der Waals surface area (Å²) in [5.41, 5.74) is 1.10. The number of aliphatic hydroxyl groups excluding tert-OH is 1. The standard InChI is InChI=1S/C23H17BrN2O4/c1-30-17-11-7-14(8-12-17)20-19(21(27)15-5-9-16(24)10-6-15)22(28)23(29)26(20)18-4-2-3-13-25-18/h2-13,20,27H,1H3/b21-19-. The number of carbonyl (C=O) groups excluding carboxylic acids is 2. The number of halogens is 1. The van der Waals surface area contributed by atoms with Crippen molar-refractivity contribution in [2.45, 2.75) is 6.04 Å². The van der Waals surface area contributed by atoms with Gasteiger partial charge in [-0.3, -0.25) is 14.5 Å². The van der Waals surface area contributed by atoms with Crippen molar-refractivity contribution in [2.24, 2.45) is 0 Å². The number of hydrogen-bond donors (Lipinski definition) is 1. The topological polar surface area (TPSA) is 79.7 Å². The first-order chi connectivity index (χ1) is 14.5. The van der Waals surface area contributed by atoms with Crippen LogP contribution in [0.25, 0.3) is 5.76 Å². The molecular weight excluding hydrogens is 448 g/mol. The van der Waals surface area contributed by atoms with Gasteiger partial charge in [0.2, 0.25) is 0 Å². The van der Waals surface area contributed by atoms with Crippen LogP contribution in [0.1, 0.15) is 17.2 Å². The molecular formula is C23H17BrN2O4. The summed E-state index contributed by atoms with van der Waals surface area (Å²) < 4.78 is 6.05. The molecule has 2 heterocycles. The fraction of sp³-hybridized carbons (Fsp3) is 0.0870. The number of anilines is 1. The number of ether oxygens (including phenoxy) is 1. The highest BCUT2D eigenvalue weighted by Crippen LogP contribution is 2.41. The van der Waals surface area contributed by atoms with Gasteiger partial charge in [-0.2, -0.15) is 0 Å². The molecule has 1 saturated heterocycles. The molecule has 1 amide bonds. The Labute approximate surface area is 181 Å². The highest BCUT2D eigenvalue weighted by molar-refractivity contribution is 9.10. The first-order valence-corrected chi connectivity index (χ1v) is 9.92. The van der Waals surface area contributed by atoms with Gasteiger partial charge in [-0.15, -0.1) is 0 Å². The number of carbonyl (C=O) groups is 2. The molecule has 0 radical (unpaired) electrons. The van der Waals surface area contributed by atoms with E-state index in [1.165, 1.54) is 4.90 Å². The number of aromatic nitrogens is 1. The second-order valence-electron chi connectivity index (χ2n) is 6.64. The number of rotatable bonds is 4. The molecule has 7 heteroatoms. The van der Waals surface area contributed by atoms with Gasteiger partial charge in [0, 0.05) is 16.2 Å². The Balaban J connectivity index is 1.92. The minimum absolute atomic E-state index is 0.0122. The van der Waals surface area contributed by atoms with Gasteiger partial charge >= 0.3 is 5.91 Å². The number of aliphatic hydroxyl groups is 1. The molecule has 150 valence electrons. The van der Waals surface area contributed by atoms with E-state index < -0.39 is 17.7 Å². The van der Waals surface area contributed by atoms with E-state index >= 15 is 0 Å². The first kappa shape index (κ1) is 19.8. The van der Waals surface area contributed by atoms with Gasteiger partial charge in [0.1, 0.15) is 17.3 Å². The molecule has 4 rings (SSSR count). The van der Waals surface area contributed by atoms with Crippen molar-refractivity contribution in [3.63, 3.8) is 0 Å². The van der Waals surface area contributed by atoms with Gasteiger partial charge in [0.15, 0.2) is 0 Å². The van der Waals surface area contributed by atoms with E-state index in [-0.39, 0.29) is 11.3 Å². The second kappa shape index (κ2) is 8.12. The fourth-order valence-corrected chi connectivity index (χ4v) is 3.69. The number of methoxy groups -OCH3 is 1. The van der Waals surface area contributed by atoms with Crippen LogP contribution in [0.3, 0.4) is 0 Å². The second-order valence-corrected chi connectivity index (χ2v) is 7.55. The molecule has 1 fully saturated rings. The molecule has 6 nitrogen and oxygen atoms in total. The quantitative estimate of drug-likeness (QED) is 0.349. The molecule has 1 unspecified atom stereocenters. The molecule has 1 atom stereocenters. The average Bonchev–Trinajstić information content (AvgIpc) is 3.05. The van der Waals surface area contributed by atoms with Crippen LogP contribution in [0.2, 0.25) is 0 Å². The molecule has 30 heavy (non-hydrogen) atoms. The van der Waals surface area contributed by atoms with Gasteiger partial charge in [0.05, 0.1) is 18.7 Å². The summed E-state index contributed by atoms with van der Waals surface area (Å²) in [5, 5.41) is 11.0. The van der Waals surface area contributed by atoms with Gasteiger partial charge in [-0.05, 0) is 42.0 Å². The van der Waals surface area contributed by atoms with Crippen molar-refractivity contribution >= 4 is 39.2 Å². The molecule has 1 aliphatic rings. The lowest BCUT2D eigenvalue weighted by Gasteiger charge is -2.24. The van der Waals surface area contributed by atoms with Crippen LogP contribution >= 0.6 is 15.9 Å². The molecule has 1 N–H and O–H groups in total. The number of amides is 1. The Morgan fingerprint density at radius 3 is 2.33 bits per heavy atom. The maximum absolute atomic E-state index is 13.0. The third-order valence-electron chi connectivity index (χ3n) is 4.89. The van der Waals surface area contributed by atoms with E-state index in [0.717, 1.165) is 4.47 Å². The van der Waals surface area contributed by atoms with Crippen LogP contribution in [0.5, 0.6) is 5.75 Å². The van der Waals surface area contributed by atoms with E-state index in [9.17, 15) is 14.7 Å².